The summed E-state index contributed by atoms with van der Waals surface area (Å²) < 4.78 is 5.43. The van der Waals surface area contributed by atoms with Gasteiger partial charge in [0.15, 0.2) is 22.3 Å². The number of anilines is 3. The van der Waals surface area contributed by atoms with Gasteiger partial charge >= 0.3 is 0 Å². The predicted octanol–water partition coefficient (Wildman–Crippen LogP) is 15.0. The van der Waals surface area contributed by atoms with Gasteiger partial charge in [0.1, 0.15) is 17.2 Å². The van der Waals surface area contributed by atoms with E-state index in [2.05, 4.69) is 25.9 Å². The minimum Gasteiger partial charge on any atom is -0.508 e. The monoisotopic (exact) mass is 1110 g/mol. The Kier molecular flexibility index (Phi) is 18.2. The smallest absolute Gasteiger partial charge is 0.255 e. The zero-order valence-electron chi connectivity index (χ0n) is 46.3. The number of phenolic OH excluding ortho intramolecular Hbond substituents is 3. The lowest BCUT2D eigenvalue weighted by Gasteiger charge is -2.14. The molecule has 81 heavy (non-hydrogen) atoms. The van der Waals surface area contributed by atoms with Gasteiger partial charge in [-0.25, -0.2) is 4.98 Å². The summed E-state index contributed by atoms with van der Waals surface area (Å²) in [5.74, 6) is -0.0478. The van der Waals surface area contributed by atoms with Gasteiger partial charge < -0.3 is 40.7 Å². The van der Waals surface area contributed by atoms with Crippen LogP contribution in [0.25, 0.3) is 33.5 Å². The Morgan fingerprint density at radius 2 is 0.815 bits per heavy atom. The lowest BCUT2D eigenvalue weighted by Crippen LogP contribution is -2.20. The molecule has 0 saturated heterocycles. The molecule has 0 radical (unpaired) electrons. The molecule has 0 atom stereocenters. The Morgan fingerprint density at radius 3 is 1.20 bits per heavy atom. The molecule has 0 aliphatic rings. The molecule has 6 aromatic carbocycles. The van der Waals surface area contributed by atoms with Gasteiger partial charge in [0, 0.05) is 72.7 Å². The summed E-state index contributed by atoms with van der Waals surface area (Å²) in [6.45, 7) is 16.9. The van der Waals surface area contributed by atoms with Crippen molar-refractivity contribution < 1.29 is 48.5 Å². The third-order valence-corrected chi connectivity index (χ3v) is 13.1. The van der Waals surface area contributed by atoms with E-state index in [-0.39, 0.29) is 52.3 Å². The number of H-pyrrole nitrogens is 1. The molecule has 0 unspecified atom stereocenters. The largest absolute Gasteiger partial charge is 0.508 e. The molecule has 9 rings (SSSR count). The number of carbonyl (C=O) groups is 6. The van der Waals surface area contributed by atoms with Crippen LogP contribution in [0.15, 0.2) is 180 Å². The van der Waals surface area contributed by atoms with Gasteiger partial charge in [-0.3, -0.25) is 28.8 Å². The fourth-order valence-electron chi connectivity index (χ4n) is 7.57. The molecule has 15 nitrogen and oxygen atoms in total. The summed E-state index contributed by atoms with van der Waals surface area (Å²) in [5.41, 5.74) is 7.69. The number of furan rings is 1. The van der Waals surface area contributed by atoms with Gasteiger partial charge in [-0.2, -0.15) is 0 Å². The van der Waals surface area contributed by atoms with Crippen LogP contribution in [0.5, 0.6) is 17.2 Å². The number of thiazole rings is 1. The van der Waals surface area contributed by atoms with Crippen molar-refractivity contribution >= 4 is 63.5 Å². The van der Waals surface area contributed by atoms with Gasteiger partial charge in [-0.05, 0) is 138 Å². The molecule has 0 aliphatic heterocycles. The van der Waals surface area contributed by atoms with E-state index in [4.69, 9.17) is 4.42 Å². The van der Waals surface area contributed by atoms with Crippen LogP contribution in [0, 0.1) is 16.2 Å². The van der Waals surface area contributed by atoms with Gasteiger partial charge in [-0.15, -0.1) is 11.3 Å². The van der Waals surface area contributed by atoms with Gasteiger partial charge in [-0.1, -0.05) is 98.7 Å². The Bertz CT molecular complexity index is 3280. The molecule has 9 aromatic rings. The molecule has 0 bridgehead atoms. The number of benzene rings is 6. The number of phenols is 3. The standard InChI is InChI=1S/C22H22N2O3.C22H21NO4.C21H20N2O3S/c1-22(2,3)20(26)19-12-16(13-23-19)14-4-8-17(9-5-14)24-21(27)15-6-10-18(25)11-7-15;1-22(2,3)20(25)19-12-16(13-27-19)14-4-8-17(9-5-14)23-21(26)15-6-10-18(24)11-7-15;1-21(2,3)18(25)20-23-17(12-27-20)13-4-8-15(9-5-13)22-19(26)14-6-10-16(24)11-7-14/h4-13,23,25H,1-3H3,(H,24,27);4-13,24H,1-3H3,(H,23,26);4-12,24H,1-3H3,(H,22,26). The van der Waals surface area contributed by atoms with Crippen LogP contribution in [0.2, 0.25) is 0 Å². The van der Waals surface area contributed by atoms with Crippen molar-refractivity contribution in [3.05, 3.63) is 209 Å². The number of aromatic hydroxyl groups is 3. The minimum atomic E-state index is -0.502. The second-order valence-corrected chi connectivity index (χ2v) is 22.9. The quantitative estimate of drug-likeness (QED) is 0.0568. The first-order valence-corrected chi connectivity index (χ1v) is 26.6. The maximum absolute atomic E-state index is 12.3. The molecule has 414 valence electrons. The molecular weight excluding hydrogens is 1040 g/mol. The van der Waals surface area contributed by atoms with Crippen LogP contribution in [0.1, 0.15) is 124 Å². The number of aromatic amines is 1. The van der Waals surface area contributed by atoms with Crippen molar-refractivity contribution in [2.45, 2.75) is 62.3 Å². The summed E-state index contributed by atoms with van der Waals surface area (Å²) in [6.07, 6.45) is 3.37. The number of nitrogens with one attached hydrogen (secondary N) is 4. The van der Waals surface area contributed by atoms with Crippen molar-refractivity contribution in [1.82, 2.24) is 9.97 Å². The van der Waals surface area contributed by atoms with Crippen LogP contribution in [0.4, 0.5) is 17.1 Å². The lowest BCUT2D eigenvalue weighted by molar-refractivity contribution is 0.0826. The summed E-state index contributed by atoms with van der Waals surface area (Å²) in [5, 5.41) is 38.7. The zero-order chi connectivity index (χ0) is 58.8. The van der Waals surface area contributed by atoms with Gasteiger partial charge in [0.2, 0.25) is 5.78 Å². The highest BCUT2D eigenvalue weighted by Crippen LogP contribution is 2.31. The number of ketones is 3. The van der Waals surface area contributed by atoms with E-state index in [1.54, 1.807) is 73.0 Å². The number of aromatic nitrogens is 2. The normalized spacial score (nSPS) is 11.2. The van der Waals surface area contributed by atoms with E-state index >= 15 is 0 Å². The molecule has 3 aromatic heterocycles. The van der Waals surface area contributed by atoms with Crippen molar-refractivity contribution in [3.8, 4) is 50.8 Å². The Balaban J connectivity index is 0.000000175. The summed E-state index contributed by atoms with van der Waals surface area (Å²) in [6, 6.07) is 43.7. The lowest BCUT2D eigenvalue weighted by atomic mass is 9.89. The summed E-state index contributed by atoms with van der Waals surface area (Å²) in [4.78, 5) is 81.1. The van der Waals surface area contributed by atoms with E-state index in [0.29, 0.717) is 50.2 Å². The van der Waals surface area contributed by atoms with E-state index in [9.17, 15) is 44.1 Å². The van der Waals surface area contributed by atoms with Gasteiger partial charge in [0.25, 0.3) is 17.7 Å². The summed E-state index contributed by atoms with van der Waals surface area (Å²) in [7, 11) is 0. The fraction of sp³-hybridized carbons (Fsp3) is 0.185. The number of carbonyl (C=O) groups excluding carboxylic acids is 6. The second-order valence-electron chi connectivity index (χ2n) is 22.0. The van der Waals surface area contributed by atoms with Crippen molar-refractivity contribution in [1.29, 1.82) is 0 Å². The Morgan fingerprint density at radius 1 is 0.444 bits per heavy atom. The molecule has 7 N–H and O–H groups in total. The number of nitrogens with zero attached hydrogens (tertiary/aromatic N) is 1. The third-order valence-electron chi connectivity index (χ3n) is 12.3. The number of rotatable bonds is 12. The SMILES string of the molecule is CC(C)(C)C(=O)c1cc(-c2ccc(NC(=O)c3ccc(O)cc3)cc2)c[nH]1.CC(C)(C)C(=O)c1cc(-c2ccc(NC(=O)c3ccc(O)cc3)cc2)co1.CC(C)(C)C(=O)c1nc(-c2ccc(NC(=O)c3ccc(O)cc3)cc2)cs1. The Labute approximate surface area is 473 Å². The van der Waals surface area contributed by atoms with Crippen molar-refractivity contribution in [2.24, 2.45) is 16.2 Å². The molecule has 0 aliphatic carbocycles. The summed E-state index contributed by atoms with van der Waals surface area (Å²) >= 11 is 1.34. The first kappa shape index (κ1) is 59.0. The van der Waals surface area contributed by atoms with E-state index in [0.717, 1.165) is 33.5 Å². The molecule has 3 heterocycles. The Hall–Kier alpha value is -9.67. The second kappa shape index (κ2) is 25.0. The average molecular weight is 1110 g/mol. The topological polar surface area (TPSA) is 241 Å². The van der Waals surface area contributed by atoms with Gasteiger partial charge in [0.05, 0.1) is 17.7 Å². The van der Waals surface area contributed by atoms with Crippen LogP contribution in [-0.2, 0) is 0 Å². The number of amides is 3. The predicted molar refractivity (Wildman–Crippen MR) is 317 cm³/mol. The van der Waals surface area contributed by atoms with Crippen LogP contribution in [-0.4, -0.2) is 60.4 Å². The van der Waals surface area contributed by atoms with E-state index in [1.807, 2.05) is 128 Å². The third kappa shape index (κ3) is 16.0. The van der Waals surface area contributed by atoms with Crippen LogP contribution in [0.3, 0.4) is 0 Å². The van der Waals surface area contributed by atoms with E-state index < -0.39 is 16.2 Å². The highest BCUT2D eigenvalue weighted by atomic mass is 32.1. The maximum atomic E-state index is 12.3. The van der Waals surface area contributed by atoms with E-state index in [1.165, 1.54) is 47.7 Å². The zero-order valence-corrected chi connectivity index (χ0v) is 47.1. The molecule has 0 saturated carbocycles. The molecule has 3 amide bonds. The molecule has 0 fully saturated rings. The average Bonchev–Trinajstić information content (AvgIpc) is 4.28. The highest BCUT2D eigenvalue weighted by Gasteiger charge is 2.28. The van der Waals surface area contributed by atoms with Crippen LogP contribution >= 0.6 is 11.3 Å². The molecular formula is C65H63N5O10S. The minimum absolute atomic E-state index is 0.0246. The number of Topliss-reactive ketones (excluding diaryl/α,β-unsaturated/α-hetero) is 3. The first-order chi connectivity index (χ1) is 38.2. The fourth-order valence-corrected chi connectivity index (χ4v) is 8.54. The number of hydrogen-bond acceptors (Lipinski definition) is 12. The first-order valence-electron chi connectivity index (χ1n) is 25.7. The molecule has 0 spiro atoms. The van der Waals surface area contributed by atoms with Crippen molar-refractivity contribution in [3.63, 3.8) is 0 Å². The highest BCUT2D eigenvalue weighted by molar-refractivity contribution is 7.12. The molecule has 16 heteroatoms. The van der Waals surface area contributed by atoms with Crippen molar-refractivity contribution in [2.75, 3.05) is 16.0 Å². The van der Waals surface area contributed by atoms with Crippen LogP contribution < -0.4 is 16.0 Å². The number of hydrogen-bond donors (Lipinski definition) is 7. The maximum Gasteiger partial charge on any atom is 0.255 e.